The molecule has 0 aliphatic carbocycles. The van der Waals surface area contributed by atoms with E-state index in [1.54, 1.807) is 11.3 Å². The lowest BCUT2D eigenvalue weighted by atomic mass is 10.1. The molecule has 136 valence electrons. The molecule has 6 heteroatoms. The van der Waals surface area contributed by atoms with E-state index in [4.69, 9.17) is 0 Å². The van der Waals surface area contributed by atoms with Gasteiger partial charge in [0, 0.05) is 18.5 Å². The Kier molecular flexibility index (Phi) is 4.78. The third-order valence-corrected chi connectivity index (χ3v) is 6.20. The Balaban J connectivity index is 1.58. The maximum Gasteiger partial charge on any atom is 0.264 e. The number of aryl methyl sites for hydroxylation is 1. The average molecular weight is 369 g/mol. The number of carbonyl (C=O) groups excluding carboxylic acids is 1. The summed E-state index contributed by atoms with van der Waals surface area (Å²) < 4.78 is 2.02. The van der Waals surface area contributed by atoms with E-state index in [-0.39, 0.29) is 5.91 Å². The number of amides is 1. The Hall–Kier alpha value is -2.18. The highest BCUT2D eigenvalue weighted by molar-refractivity contribution is 7.20. The Morgan fingerprint density at radius 1 is 1.35 bits per heavy atom. The lowest BCUT2D eigenvalue weighted by molar-refractivity contribution is 0.0792. The zero-order valence-electron chi connectivity index (χ0n) is 15.2. The van der Waals surface area contributed by atoms with Gasteiger partial charge in [0.2, 0.25) is 0 Å². The van der Waals surface area contributed by atoms with Gasteiger partial charge in [-0.05, 0) is 44.5 Å². The fourth-order valence-corrected chi connectivity index (χ4v) is 4.84. The summed E-state index contributed by atoms with van der Waals surface area (Å²) >= 11 is 1.57. The van der Waals surface area contributed by atoms with Crippen LogP contribution in [0.5, 0.6) is 0 Å². The van der Waals surface area contributed by atoms with Crippen LogP contribution in [0.3, 0.4) is 0 Å². The van der Waals surface area contributed by atoms with E-state index >= 15 is 0 Å². The molecule has 3 heterocycles. The molecule has 1 aromatic carbocycles. The normalized spacial score (nSPS) is 17.3. The maximum atomic E-state index is 12.9. The van der Waals surface area contributed by atoms with Crippen LogP contribution in [0.2, 0.25) is 0 Å². The summed E-state index contributed by atoms with van der Waals surface area (Å²) in [7, 11) is 1.97. The van der Waals surface area contributed by atoms with Crippen molar-refractivity contribution in [2.24, 2.45) is 5.92 Å². The number of hydrogen-bond acceptors (Lipinski definition) is 4. The zero-order valence-corrected chi connectivity index (χ0v) is 16.1. The number of hydrogen-bond donors (Lipinski definition) is 1. The van der Waals surface area contributed by atoms with Gasteiger partial charge >= 0.3 is 0 Å². The van der Waals surface area contributed by atoms with Gasteiger partial charge < -0.3 is 10.2 Å². The van der Waals surface area contributed by atoms with E-state index in [2.05, 4.69) is 22.5 Å². The average Bonchev–Trinajstić information content (AvgIpc) is 3.34. The number of nitrogens with one attached hydrogen (secondary N) is 1. The molecule has 0 saturated carbocycles. The standard InChI is InChI=1S/C20H24N4OS/c1-14-17-10-18(19(25)23-9-8-16(12-23)11-21-2)26-20(17)24(22-14)13-15-6-4-3-5-7-15/h3-7,10,16,21H,8-9,11-13H2,1-2H3. The van der Waals surface area contributed by atoms with Crippen molar-refractivity contribution in [3.05, 3.63) is 52.5 Å². The van der Waals surface area contributed by atoms with Gasteiger partial charge in [-0.15, -0.1) is 11.3 Å². The molecule has 2 aromatic heterocycles. The van der Waals surface area contributed by atoms with Crippen LogP contribution in [-0.4, -0.2) is 47.3 Å². The number of aromatic nitrogens is 2. The number of fused-ring (bicyclic) bond motifs is 1. The molecular formula is C20H24N4OS. The molecule has 1 saturated heterocycles. The Labute approximate surface area is 157 Å². The van der Waals surface area contributed by atoms with Crippen LogP contribution in [0, 0.1) is 12.8 Å². The van der Waals surface area contributed by atoms with Crippen LogP contribution in [0.25, 0.3) is 10.2 Å². The summed E-state index contributed by atoms with van der Waals surface area (Å²) in [4.78, 5) is 16.8. The number of thiophene rings is 1. The van der Waals surface area contributed by atoms with E-state index in [0.717, 1.165) is 53.4 Å². The van der Waals surface area contributed by atoms with E-state index in [0.29, 0.717) is 5.92 Å². The van der Waals surface area contributed by atoms with Gasteiger partial charge in [0.05, 0.1) is 17.1 Å². The van der Waals surface area contributed by atoms with Crippen LogP contribution < -0.4 is 5.32 Å². The third kappa shape index (κ3) is 3.27. The van der Waals surface area contributed by atoms with Gasteiger partial charge in [-0.3, -0.25) is 9.48 Å². The van der Waals surface area contributed by atoms with Crippen LogP contribution in [0.15, 0.2) is 36.4 Å². The lowest BCUT2D eigenvalue weighted by Crippen LogP contribution is -2.29. The highest BCUT2D eigenvalue weighted by Crippen LogP contribution is 2.30. The minimum atomic E-state index is 0.162. The van der Waals surface area contributed by atoms with Crippen LogP contribution >= 0.6 is 11.3 Å². The van der Waals surface area contributed by atoms with Crippen LogP contribution in [0.4, 0.5) is 0 Å². The van der Waals surface area contributed by atoms with Crippen molar-refractivity contribution in [3.8, 4) is 0 Å². The highest BCUT2D eigenvalue weighted by Gasteiger charge is 2.28. The quantitative estimate of drug-likeness (QED) is 0.753. The summed E-state index contributed by atoms with van der Waals surface area (Å²) in [5.74, 6) is 0.726. The SMILES string of the molecule is CNCC1CCN(C(=O)c2cc3c(C)nn(Cc4ccccc4)c3s2)C1. The molecule has 0 radical (unpaired) electrons. The molecule has 26 heavy (non-hydrogen) atoms. The van der Waals surface area contributed by atoms with Gasteiger partial charge in [-0.25, -0.2) is 0 Å². The maximum absolute atomic E-state index is 12.9. The molecule has 1 unspecified atom stereocenters. The molecule has 1 N–H and O–H groups in total. The molecule has 5 nitrogen and oxygen atoms in total. The van der Waals surface area contributed by atoms with Crippen molar-refractivity contribution in [2.75, 3.05) is 26.7 Å². The monoisotopic (exact) mass is 368 g/mol. The molecular weight excluding hydrogens is 344 g/mol. The second-order valence-corrected chi connectivity index (χ2v) is 8.05. The first-order valence-corrected chi connectivity index (χ1v) is 9.92. The van der Waals surface area contributed by atoms with E-state index < -0.39 is 0 Å². The first-order chi connectivity index (χ1) is 12.7. The second kappa shape index (κ2) is 7.21. The first kappa shape index (κ1) is 17.2. The Bertz CT molecular complexity index is 915. The molecule has 1 atom stereocenters. The zero-order chi connectivity index (χ0) is 18.1. The van der Waals surface area contributed by atoms with Gasteiger partial charge in [-0.1, -0.05) is 30.3 Å². The van der Waals surface area contributed by atoms with E-state index in [1.165, 1.54) is 5.56 Å². The number of benzene rings is 1. The van der Waals surface area contributed by atoms with Crippen molar-refractivity contribution in [2.45, 2.75) is 19.9 Å². The summed E-state index contributed by atoms with van der Waals surface area (Å²) in [6, 6.07) is 12.3. The minimum Gasteiger partial charge on any atom is -0.338 e. The smallest absolute Gasteiger partial charge is 0.264 e. The van der Waals surface area contributed by atoms with Gasteiger partial charge in [0.1, 0.15) is 4.83 Å². The number of carbonyl (C=O) groups is 1. The van der Waals surface area contributed by atoms with Crippen LogP contribution in [0.1, 0.15) is 27.3 Å². The van der Waals surface area contributed by atoms with Gasteiger partial charge in [-0.2, -0.15) is 5.10 Å². The Morgan fingerprint density at radius 2 is 2.15 bits per heavy atom. The van der Waals surface area contributed by atoms with E-state index in [1.807, 2.05) is 47.8 Å². The molecule has 1 aliphatic rings. The third-order valence-electron chi connectivity index (χ3n) is 5.06. The largest absolute Gasteiger partial charge is 0.338 e. The van der Waals surface area contributed by atoms with Gasteiger partial charge in [0.25, 0.3) is 5.91 Å². The van der Waals surface area contributed by atoms with Crippen molar-refractivity contribution < 1.29 is 4.79 Å². The second-order valence-electron chi connectivity index (χ2n) is 7.02. The summed E-state index contributed by atoms with van der Waals surface area (Å²) in [5, 5.41) is 8.99. The van der Waals surface area contributed by atoms with Crippen LogP contribution in [-0.2, 0) is 6.54 Å². The minimum absolute atomic E-state index is 0.162. The Morgan fingerprint density at radius 3 is 2.92 bits per heavy atom. The predicted octanol–water partition coefficient (Wildman–Crippen LogP) is 3.14. The molecule has 0 spiro atoms. The van der Waals surface area contributed by atoms with Crippen molar-refractivity contribution in [1.29, 1.82) is 0 Å². The number of likely N-dealkylation sites (tertiary alicyclic amines) is 1. The molecule has 0 bridgehead atoms. The number of nitrogens with zero attached hydrogens (tertiary/aromatic N) is 3. The summed E-state index contributed by atoms with van der Waals surface area (Å²) in [6.07, 6.45) is 1.08. The van der Waals surface area contributed by atoms with Crippen molar-refractivity contribution in [3.63, 3.8) is 0 Å². The van der Waals surface area contributed by atoms with Crippen molar-refractivity contribution >= 4 is 27.5 Å². The molecule has 1 aliphatic heterocycles. The molecule has 3 aromatic rings. The van der Waals surface area contributed by atoms with Crippen molar-refractivity contribution in [1.82, 2.24) is 20.0 Å². The fourth-order valence-electron chi connectivity index (χ4n) is 3.71. The predicted molar refractivity (Wildman–Crippen MR) is 106 cm³/mol. The van der Waals surface area contributed by atoms with E-state index in [9.17, 15) is 4.79 Å². The number of rotatable bonds is 5. The fraction of sp³-hybridized carbons (Fsp3) is 0.400. The summed E-state index contributed by atoms with van der Waals surface area (Å²) in [6.45, 7) is 5.43. The lowest BCUT2D eigenvalue weighted by Gasteiger charge is -2.15. The molecule has 1 amide bonds. The highest BCUT2D eigenvalue weighted by atomic mass is 32.1. The van der Waals surface area contributed by atoms with Gasteiger partial charge in [0.15, 0.2) is 0 Å². The molecule has 4 rings (SSSR count). The topological polar surface area (TPSA) is 50.2 Å². The molecule has 1 fully saturated rings. The first-order valence-electron chi connectivity index (χ1n) is 9.10. The summed E-state index contributed by atoms with van der Waals surface area (Å²) in [5.41, 5.74) is 2.20.